The Kier molecular flexibility index (Phi) is 11.7. The molecule has 0 spiro atoms. The molecule has 5 amide bonds. The number of benzene rings is 2. The monoisotopic (exact) mass is 605 g/mol. The van der Waals surface area contributed by atoms with Gasteiger partial charge >= 0.3 is 0 Å². The van der Waals surface area contributed by atoms with Gasteiger partial charge in [0.25, 0.3) is 5.91 Å². The van der Waals surface area contributed by atoms with Crippen molar-refractivity contribution >= 4 is 29.5 Å². The number of amides is 5. The lowest BCUT2D eigenvalue weighted by molar-refractivity contribution is -0.130. The van der Waals surface area contributed by atoms with Crippen molar-refractivity contribution in [3.8, 4) is 5.75 Å². The molecule has 4 N–H and O–H groups in total. The van der Waals surface area contributed by atoms with Crippen molar-refractivity contribution in [3.63, 3.8) is 0 Å². The average molecular weight is 606 g/mol. The van der Waals surface area contributed by atoms with Crippen LogP contribution in [0.1, 0.15) is 73.9 Å². The number of carbonyl (C=O) groups is 5. The summed E-state index contributed by atoms with van der Waals surface area (Å²) >= 11 is 0. The molecule has 11 nitrogen and oxygen atoms in total. The molecule has 2 heterocycles. The Morgan fingerprint density at radius 1 is 1.00 bits per heavy atom. The Labute approximate surface area is 258 Å². The molecule has 2 aliphatic heterocycles. The molecule has 2 aromatic rings. The predicted molar refractivity (Wildman–Crippen MR) is 164 cm³/mol. The molecule has 44 heavy (non-hydrogen) atoms. The van der Waals surface area contributed by atoms with Crippen LogP contribution in [-0.2, 0) is 32.3 Å². The third-order valence-corrected chi connectivity index (χ3v) is 7.65. The van der Waals surface area contributed by atoms with Gasteiger partial charge in [0.1, 0.15) is 17.8 Å². The summed E-state index contributed by atoms with van der Waals surface area (Å²) in [7, 11) is 0. The minimum Gasteiger partial charge on any atom is -0.493 e. The van der Waals surface area contributed by atoms with Gasteiger partial charge in [0.2, 0.25) is 23.6 Å². The Morgan fingerprint density at radius 3 is 2.57 bits per heavy atom. The maximum atomic E-state index is 13.4. The molecule has 2 aromatic carbocycles. The van der Waals surface area contributed by atoms with E-state index in [4.69, 9.17) is 4.74 Å². The molecule has 236 valence electrons. The predicted octanol–water partition coefficient (Wildman–Crippen LogP) is 2.43. The minimum atomic E-state index is -1.02. The summed E-state index contributed by atoms with van der Waals surface area (Å²) in [6.07, 6.45) is 2.36. The van der Waals surface area contributed by atoms with Crippen molar-refractivity contribution in [2.75, 3.05) is 19.7 Å². The second-order valence-electron chi connectivity index (χ2n) is 11.8. The third kappa shape index (κ3) is 9.55. The average Bonchev–Trinajstić information content (AvgIpc) is 3.40. The van der Waals surface area contributed by atoms with Crippen LogP contribution >= 0.6 is 0 Å². The number of rotatable bonds is 7. The molecule has 11 heteroatoms. The van der Waals surface area contributed by atoms with E-state index >= 15 is 0 Å². The number of nitrogens with one attached hydrogen (secondary N) is 4. The maximum Gasteiger partial charge on any atom is 0.255 e. The minimum absolute atomic E-state index is 0.0273. The topological polar surface area (TPSA) is 146 Å². The van der Waals surface area contributed by atoms with Crippen LogP contribution in [-0.4, -0.2) is 66.2 Å². The van der Waals surface area contributed by atoms with E-state index in [-0.39, 0.29) is 55.2 Å². The third-order valence-electron chi connectivity index (χ3n) is 7.65. The Hall–Kier alpha value is -4.41. The molecule has 1 fully saturated rings. The fraction of sp³-hybridized carbons (Fsp3) is 0.485. The highest BCUT2D eigenvalue weighted by molar-refractivity contribution is 5.99. The zero-order chi connectivity index (χ0) is 31.5. The van der Waals surface area contributed by atoms with E-state index in [0.717, 1.165) is 24.1 Å². The number of hydrogen-bond donors (Lipinski definition) is 4. The Bertz CT molecular complexity index is 1350. The summed E-state index contributed by atoms with van der Waals surface area (Å²) in [6.45, 7) is 6.04. The molecule has 0 aromatic heterocycles. The summed E-state index contributed by atoms with van der Waals surface area (Å²) < 4.78 is 5.86. The fourth-order valence-corrected chi connectivity index (χ4v) is 5.36. The number of nitrogens with zero attached hydrogens (tertiary/aromatic N) is 1. The normalized spacial score (nSPS) is 20.3. The van der Waals surface area contributed by atoms with Crippen molar-refractivity contribution < 1.29 is 28.7 Å². The lowest BCUT2D eigenvalue weighted by atomic mass is 10.0. The second kappa shape index (κ2) is 15.9. The first kappa shape index (κ1) is 32.5. The molecular formula is C33H43N5O6. The lowest BCUT2D eigenvalue weighted by Gasteiger charge is -2.23. The molecule has 0 saturated carbocycles. The molecule has 1 saturated heterocycles. The van der Waals surface area contributed by atoms with E-state index in [1.807, 2.05) is 43.0 Å². The van der Waals surface area contributed by atoms with Crippen molar-refractivity contribution in [2.45, 2.75) is 77.5 Å². The van der Waals surface area contributed by atoms with Gasteiger partial charge < -0.3 is 30.9 Å². The van der Waals surface area contributed by atoms with Crippen LogP contribution in [0.5, 0.6) is 5.75 Å². The number of carbonyl (C=O) groups excluding carboxylic acids is 5. The lowest BCUT2D eigenvalue weighted by Crippen LogP contribution is -2.49. The largest absolute Gasteiger partial charge is 0.493 e. The van der Waals surface area contributed by atoms with Gasteiger partial charge in [-0.1, -0.05) is 50.2 Å². The van der Waals surface area contributed by atoms with Gasteiger partial charge in [0.15, 0.2) is 0 Å². The van der Waals surface area contributed by atoms with Gasteiger partial charge in [0, 0.05) is 39.0 Å². The first-order valence-corrected chi connectivity index (χ1v) is 15.4. The molecule has 0 bridgehead atoms. The van der Waals surface area contributed by atoms with E-state index in [9.17, 15) is 24.0 Å². The van der Waals surface area contributed by atoms with E-state index in [0.29, 0.717) is 38.1 Å². The van der Waals surface area contributed by atoms with Crippen LogP contribution < -0.4 is 26.0 Å². The van der Waals surface area contributed by atoms with Crippen molar-refractivity contribution in [1.29, 1.82) is 0 Å². The molecule has 0 aliphatic carbocycles. The smallest absolute Gasteiger partial charge is 0.255 e. The van der Waals surface area contributed by atoms with Gasteiger partial charge in [-0.3, -0.25) is 24.0 Å². The van der Waals surface area contributed by atoms with Crippen LogP contribution in [0.25, 0.3) is 0 Å². The van der Waals surface area contributed by atoms with E-state index in [1.54, 1.807) is 24.3 Å². The Balaban J connectivity index is 1.48. The van der Waals surface area contributed by atoms with Crippen LogP contribution in [0, 0.1) is 5.92 Å². The van der Waals surface area contributed by atoms with Gasteiger partial charge in [0.05, 0.1) is 12.2 Å². The Morgan fingerprint density at radius 2 is 1.80 bits per heavy atom. The number of ether oxygens (including phenoxy) is 1. The van der Waals surface area contributed by atoms with Gasteiger partial charge in [-0.15, -0.1) is 0 Å². The molecular weight excluding hydrogens is 562 g/mol. The standard InChI is InChI=1S/C33H43N5O6/c1-22(2)18-27-33(43)34-15-7-17-44-28-11-4-3-10-25(28)31(41)37-26(13-14-29(39)36-27)32(42)35-20-23-8-5-9-24(19-23)21-38-16-6-12-30(38)40/h3-5,8-11,19,22,26-27H,6-7,12-18,20-21H2,1-2H3,(H,34,43)(H,35,42)(H,36,39)(H,37,41)/t26-,27?/m0/s1. The number of para-hydroxylation sites is 1. The zero-order valence-electron chi connectivity index (χ0n) is 25.5. The highest BCUT2D eigenvalue weighted by atomic mass is 16.5. The maximum absolute atomic E-state index is 13.4. The number of fused-ring (bicyclic) bond motifs is 1. The first-order chi connectivity index (χ1) is 21.2. The highest BCUT2D eigenvalue weighted by Gasteiger charge is 2.27. The van der Waals surface area contributed by atoms with E-state index in [2.05, 4.69) is 21.3 Å². The summed E-state index contributed by atoms with van der Waals surface area (Å²) in [6, 6.07) is 12.7. The quantitative estimate of drug-likeness (QED) is 0.382. The molecule has 4 rings (SSSR count). The van der Waals surface area contributed by atoms with E-state index < -0.39 is 23.9 Å². The zero-order valence-corrected chi connectivity index (χ0v) is 25.5. The first-order valence-electron chi connectivity index (χ1n) is 15.4. The van der Waals surface area contributed by atoms with Crippen molar-refractivity contribution in [1.82, 2.24) is 26.2 Å². The highest BCUT2D eigenvalue weighted by Crippen LogP contribution is 2.19. The van der Waals surface area contributed by atoms with Gasteiger partial charge in [-0.25, -0.2) is 0 Å². The van der Waals surface area contributed by atoms with Gasteiger partial charge in [-0.2, -0.15) is 0 Å². The molecule has 1 unspecified atom stereocenters. The van der Waals surface area contributed by atoms with E-state index in [1.165, 1.54) is 0 Å². The van der Waals surface area contributed by atoms with Crippen molar-refractivity contribution in [3.05, 3.63) is 65.2 Å². The summed E-state index contributed by atoms with van der Waals surface area (Å²) in [5.41, 5.74) is 2.09. The van der Waals surface area contributed by atoms with Crippen LogP contribution in [0.15, 0.2) is 48.5 Å². The summed E-state index contributed by atoms with van der Waals surface area (Å²) in [5, 5.41) is 11.4. The van der Waals surface area contributed by atoms with Gasteiger partial charge in [-0.05, 0) is 54.9 Å². The number of likely N-dealkylation sites (tertiary alicyclic amines) is 1. The van der Waals surface area contributed by atoms with Crippen LogP contribution in [0.3, 0.4) is 0 Å². The molecule has 2 aliphatic rings. The molecule has 2 atom stereocenters. The summed E-state index contributed by atoms with van der Waals surface area (Å²) in [5.74, 6) is -0.892. The SMILES string of the molecule is CC(C)CC1NC(=O)CC[C@@H](C(=O)NCc2cccc(CN3CCCC3=O)c2)NC(=O)c2ccccc2OCCCNC1=O. The van der Waals surface area contributed by atoms with Crippen LogP contribution in [0.4, 0.5) is 0 Å². The summed E-state index contributed by atoms with van der Waals surface area (Å²) in [4.78, 5) is 66.5. The number of hydrogen-bond acceptors (Lipinski definition) is 6. The molecule has 0 radical (unpaired) electrons. The van der Waals surface area contributed by atoms with Crippen molar-refractivity contribution in [2.24, 2.45) is 5.92 Å². The second-order valence-corrected chi connectivity index (χ2v) is 11.8. The van der Waals surface area contributed by atoms with Crippen LogP contribution in [0.2, 0.25) is 0 Å². The fourth-order valence-electron chi connectivity index (χ4n) is 5.36.